The van der Waals surface area contributed by atoms with Crippen LogP contribution in [0.15, 0.2) is 18.2 Å². The predicted molar refractivity (Wildman–Crippen MR) is 87.6 cm³/mol. The predicted octanol–water partition coefficient (Wildman–Crippen LogP) is 1.59. The second-order valence-corrected chi connectivity index (χ2v) is 5.99. The molecule has 0 saturated carbocycles. The van der Waals surface area contributed by atoms with Gasteiger partial charge in [-0.1, -0.05) is 6.07 Å². The normalized spacial score (nSPS) is 17.0. The quantitative estimate of drug-likeness (QED) is 0.829. The summed E-state index contributed by atoms with van der Waals surface area (Å²) in [7, 11) is 1.68. The van der Waals surface area contributed by atoms with E-state index in [4.69, 9.17) is 14.6 Å². The van der Waals surface area contributed by atoms with Crippen molar-refractivity contribution in [3.05, 3.63) is 23.8 Å². The summed E-state index contributed by atoms with van der Waals surface area (Å²) < 4.78 is 11.2. The van der Waals surface area contributed by atoms with E-state index < -0.39 is 0 Å². The van der Waals surface area contributed by atoms with E-state index in [2.05, 4.69) is 21.9 Å². The molecule has 1 aromatic rings. The minimum Gasteiger partial charge on any atom is -0.493 e. The molecule has 1 fully saturated rings. The van der Waals surface area contributed by atoms with Gasteiger partial charge in [-0.05, 0) is 31.5 Å². The summed E-state index contributed by atoms with van der Waals surface area (Å²) >= 11 is 0. The summed E-state index contributed by atoms with van der Waals surface area (Å²) in [6.45, 7) is 10.1. The monoisotopic (exact) mass is 308 g/mol. The maximum atomic E-state index is 8.98. The Balaban J connectivity index is 1.93. The van der Waals surface area contributed by atoms with Crippen LogP contribution in [-0.2, 0) is 6.54 Å². The van der Waals surface area contributed by atoms with Crippen molar-refractivity contribution in [2.45, 2.75) is 26.5 Å². The molecule has 2 rings (SSSR count). The van der Waals surface area contributed by atoms with Crippen molar-refractivity contribution in [1.29, 1.82) is 0 Å². The van der Waals surface area contributed by atoms with Crippen molar-refractivity contribution in [2.75, 3.05) is 46.4 Å². The summed E-state index contributed by atoms with van der Waals surface area (Å²) in [6.07, 6.45) is 0.138. The number of piperazine rings is 1. The van der Waals surface area contributed by atoms with Gasteiger partial charge in [-0.3, -0.25) is 9.80 Å². The molecule has 1 aliphatic heterocycles. The lowest BCUT2D eigenvalue weighted by Crippen LogP contribution is -2.46. The Labute approximate surface area is 133 Å². The molecule has 1 saturated heterocycles. The molecule has 0 spiro atoms. The fraction of sp³-hybridized carbons (Fsp3) is 0.647. The van der Waals surface area contributed by atoms with Gasteiger partial charge in [0.2, 0.25) is 0 Å². The minimum atomic E-state index is 0.138. The number of aliphatic hydroxyl groups excluding tert-OH is 1. The third kappa shape index (κ3) is 4.87. The molecule has 124 valence electrons. The molecule has 5 nitrogen and oxygen atoms in total. The number of rotatable bonds is 7. The molecule has 1 heterocycles. The van der Waals surface area contributed by atoms with E-state index in [1.54, 1.807) is 7.11 Å². The first-order valence-electron chi connectivity index (χ1n) is 8.01. The van der Waals surface area contributed by atoms with E-state index >= 15 is 0 Å². The van der Waals surface area contributed by atoms with E-state index in [0.29, 0.717) is 0 Å². The zero-order chi connectivity index (χ0) is 15.9. The molecule has 0 unspecified atom stereocenters. The fourth-order valence-electron chi connectivity index (χ4n) is 2.73. The van der Waals surface area contributed by atoms with E-state index in [-0.39, 0.29) is 12.7 Å². The molecule has 0 amide bonds. The van der Waals surface area contributed by atoms with Gasteiger partial charge in [0.05, 0.1) is 19.8 Å². The molecule has 5 heteroatoms. The van der Waals surface area contributed by atoms with Crippen LogP contribution in [0.5, 0.6) is 11.5 Å². The first kappa shape index (κ1) is 17.1. The number of aliphatic hydroxyl groups is 1. The van der Waals surface area contributed by atoms with Crippen molar-refractivity contribution in [3.63, 3.8) is 0 Å². The Kier molecular flexibility index (Phi) is 6.49. The molecule has 22 heavy (non-hydrogen) atoms. The molecule has 1 N–H and O–H groups in total. The highest BCUT2D eigenvalue weighted by Gasteiger charge is 2.17. The van der Waals surface area contributed by atoms with Crippen molar-refractivity contribution < 1.29 is 14.6 Å². The summed E-state index contributed by atoms with van der Waals surface area (Å²) in [5.74, 6) is 1.60. The zero-order valence-corrected chi connectivity index (χ0v) is 13.9. The smallest absolute Gasteiger partial charge is 0.161 e. The standard InChI is InChI=1S/C17H28N2O3/c1-14(2)22-16-5-4-15(12-17(16)21-3)13-19-8-6-18(7-9-19)10-11-20/h4-5,12,14,20H,6-11,13H2,1-3H3. The van der Waals surface area contributed by atoms with Gasteiger partial charge in [-0.15, -0.1) is 0 Å². The van der Waals surface area contributed by atoms with Crippen LogP contribution >= 0.6 is 0 Å². The van der Waals surface area contributed by atoms with Gasteiger partial charge in [0.1, 0.15) is 0 Å². The van der Waals surface area contributed by atoms with Gasteiger partial charge in [-0.25, -0.2) is 0 Å². The molecule has 0 aromatic heterocycles. The summed E-state index contributed by atoms with van der Waals surface area (Å²) in [5, 5.41) is 8.98. The third-order valence-electron chi connectivity index (χ3n) is 3.88. The number of methoxy groups -OCH3 is 1. The second-order valence-electron chi connectivity index (χ2n) is 5.99. The molecule has 1 aliphatic rings. The van der Waals surface area contributed by atoms with Gasteiger partial charge >= 0.3 is 0 Å². The molecule has 0 aliphatic carbocycles. The van der Waals surface area contributed by atoms with Crippen molar-refractivity contribution >= 4 is 0 Å². The number of hydrogen-bond donors (Lipinski definition) is 1. The second kappa shape index (κ2) is 8.36. The highest BCUT2D eigenvalue weighted by molar-refractivity contribution is 5.43. The largest absolute Gasteiger partial charge is 0.493 e. The van der Waals surface area contributed by atoms with Crippen LogP contribution in [-0.4, -0.2) is 67.5 Å². The summed E-state index contributed by atoms with van der Waals surface area (Å²) in [5.41, 5.74) is 1.24. The average Bonchev–Trinajstić information content (AvgIpc) is 2.50. The van der Waals surface area contributed by atoms with Crippen LogP contribution in [0.1, 0.15) is 19.4 Å². The topological polar surface area (TPSA) is 45.2 Å². The van der Waals surface area contributed by atoms with Crippen molar-refractivity contribution in [3.8, 4) is 11.5 Å². The van der Waals surface area contributed by atoms with E-state index in [1.165, 1.54) is 5.56 Å². The van der Waals surface area contributed by atoms with E-state index in [9.17, 15) is 0 Å². The van der Waals surface area contributed by atoms with E-state index in [0.717, 1.165) is 50.8 Å². The molecule has 0 atom stereocenters. The van der Waals surface area contributed by atoms with Gasteiger partial charge in [0.25, 0.3) is 0 Å². The Hall–Kier alpha value is -1.30. The lowest BCUT2D eigenvalue weighted by Gasteiger charge is -2.34. The molecular weight excluding hydrogens is 280 g/mol. The number of hydrogen-bond acceptors (Lipinski definition) is 5. The van der Waals surface area contributed by atoms with Gasteiger partial charge in [0.15, 0.2) is 11.5 Å². The van der Waals surface area contributed by atoms with Crippen molar-refractivity contribution in [2.24, 2.45) is 0 Å². The van der Waals surface area contributed by atoms with Crippen LogP contribution in [0.2, 0.25) is 0 Å². The molecule has 0 bridgehead atoms. The van der Waals surface area contributed by atoms with Gasteiger partial charge in [0, 0.05) is 39.3 Å². The van der Waals surface area contributed by atoms with Crippen LogP contribution in [0.25, 0.3) is 0 Å². The maximum Gasteiger partial charge on any atom is 0.161 e. The minimum absolute atomic E-state index is 0.138. The molecular formula is C17H28N2O3. The van der Waals surface area contributed by atoms with Crippen LogP contribution in [0.4, 0.5) is 0 Å². The van der Waals surface area contributed by atoms with E-state index in [1.807, 2.05) is 19.9 Å². The third-order valence-corrected chi connectivity index (χ3v) is 3.88. The Morgan fingerprint density at radius 3 is 2.36 bits per heavy atom. The highest BCUT2D eigenvalue weighted by Crippen LogP contribution is 2.29. The number of ether oxygens (including phenoxy) is 2. The first-order valence-corrected chi connectivity index (χ1v) is 8.01. The SMILES string of the molecule is COc1cc(CN2CCN(CCO)CC2)ccc1OC(C)C. The molecule has 1 aromatic carbocycles. The maximum absolute atomic E-state index is 8.98. The Morgan fingerprint density at radius 2 is 1.77 bits per heavy atom. The number of nitrogens with zero attached hydrogens (tertiary/aromatic N) is 2. The zero-order valence-electron chi connectivity index (χ0n) is 13.9. The highest BCUT2D eigenvalue weighted by atomic mass is 16.5. The summed E-state index contributed by atoms with van der Waals surface area (Å²) in [4.78, 5) is 4.74. The Bertz CT molecular complexity index is 457. The van der Waals surface area contributed by atoms with Crippen LogP contribution < -0.4 is 9.47 Å². The number of benzene rings is 1. The molecule has 0 radical (unpaired) electrons. The van der Waals surface area contributed by atoms with Gasteiger partial charge < -0.3 is 14.6 Å². The summed E-state index contributed by atoms with van der Waals surface area (Å²) in [6, 6.07) is 6.17. The average molecular weight is 308 g/mol. The lowest BCUT2D eigenvalue weighted by molar-refractivity contribution is 0.108. The Morgan fingerprint density at radius 1 is 1.09 bits per heavy atom. The van der Waals surface area contributed by atoms with Crippen LogP contribution in [0.3, 0.4) is 0 Å². The lowest BCUT2D eigenvalue weighted by atomic mass is 10.1. The van der Waals surface area contributed by atoms with Gasteiger partial charge in [-0.2, -0.15) is 0 Å². The first-order chi connectivity index (χ1) is 10.6. The fourth-order valence-corrected chi connectivity index (χ4v) is 2.73. The van der Waals surface area contributed by atoms with Crippen molar-refractivity contribution in [1.82, 2.24) is 9.80 Å². The van der Waals surface area contributed by atoms with Crippen LogP contribution in [0, 0.1) is 0 Å². The number of β-amino-alcohol motifs (C(OH)–C–C–N with tert-alkyl or cyclic N) is 1.